The summed E-state index contributed by atoms with van der Waals surface area (Å²) in [5.74, 6) is 1.14. The molecule has 0 spiro atoms. The number of carbonyl (C=O) groups excluding carboxylic acids is 1. The smallest absolute Gasteiger partial charge is 0.298 e. The van der Waals surface area contributed by atoms with Gasteiger partial charge in [-0.05, 0) is 56.6 Å². The van der Waals surface area contributed by atoms with Crippen LogP contribution in [0.3, 0.4) is 0 Å². The third kappa shape index (κ3) is 4.07. The summed E-state index contributed by atoms with van der Waals surface area (Å²) in [6.07, 6.45) is 8.76. The Bertz CT molecular complexity index is 819. The number of likely N-dealkylation sites (tertiary alicyclic amines) is 1. The number of hydrogen-bond acceptors (Lipinski definition) is 5. The Kier molecular flexibility index (Phi) is 5.93. The second kappa shape index (κ2) is 8.96. The summed E-state index contributed by atoms with van der Waals surface area (Å²) in [5.41, 5.74) is 1.78. The summed E-state index contributed by atoms with van der Waals surface area (Å²) in [5, 5.41) is 0. The van der Waals surface area contributed by atoms with Crippen molar-refractivity contribution in [3.05, 3.63) is 24.3 Å². The molecule has 0 unspecified atom stereocenters. The molecule has 6 nitrogen and oxygen atoms in total. The van der Waals surface area contributed by atoms with Crippen molar-refractivity contribution < 1.29 is 13.9 Å². The summed E-state index contributed by atoms with van der Waals surface area (Å²) >= 11 is 0. The molecular weight excluding hydrogens is 378 g/mol. The molecule has 6 heteroatoms. The van der Waals surface area contributed by atoms with Gasteiger partial charge >= 0.3 is 0 Å². The van der Waals surface area contributed by atoms with Crippen molar-refractivity contribution in [3.8, 4) is 0 Å². The number of piperidine rings is 1. The van der Waals surface area contributed by atoms with Crippen molar-refractivity contribution in [1.29, 1.82) is 0 Å². The van der Waals surface area contributed by atoms with Crippen LogP contribution in [0.1, 0.15) is 51.4 Å². The quantitative estimate of drug-likeness (QED) is 0.756. The van der Waals surface area contributed by atoms with Crippen LogP contribution >= 0.6 is 0 Å². The van der Waals surface area contributed by atoms with Gasteiger partial charge < -0.3 is 19.0 Å². The average Bonchev–Trinajstić information content (AvgIpc) is 3.09. The van der Waals surface area contributed by atoms with E-state index in [1.54, 1.807) is 0 Å². The average molecular weight is 412 g/mol. The number of benzene rings is 1. The first kappa shape index (κ1) is 19.9. The van der Waals surface area contributed by atoms with E-state index in [1.807, 2.05) is 24.3 Å². The summed E-state index contributed by atoms with van der Waals surface area (Å²) in [7, 11) is 0. The number of amides is 1. The van der Waals surface area contributed by atoms with Gasteiger partial charge in [0, 0.05) is 44.8 Å². The molecule has 0 saturated carbocycles. The molecule has 0 radical (unpaired) electrons. The highest BCUT2D eigenvalue weighted by Gasteiger charge is 2.37. The van der Waals surface area contributed by atoms with E-state index < -0.39 is 0 Å². The highest BCUT2D eigenvalue weighted by Crippen LogP contribution is 2.34. The van der Waals surface area contributed by atoms with Crippen molar-refractivity contribution in [2.24, 2.45) is 11.8 Å². The van der Waals surface area contributed by atoms with Gasteiger partial charge in [0.1, 0.15) is 5.52 Å². The van der Waals surface area contributed by atoms with Crippen molar-refractivity contribution in [2.45, 2.75) is 57.4 Å². The van der Waals surface area contributed by atoms with Crippen LogP contribution in [0.2, 0.25) is 0 Å². The van der Waals surface area contributed by atoms with Crippen molar-refractivity contribution in [1.82, 2.24) is 9.88 Å². The third-order valence-corrected chi connectivity index (χ3v) is 7.29. The Morgan fingerprint density at radius 3 is 2.53 bits per heavy atom. The lowest BCUT2D eigenvalue weighted by Gasteiger charge is -2.41. The maximum atomic E-state index is 13.4. The molecule has 30 heavy (non-hydrogen) atoms. The monoisotopic (exact) mass is 411 g/mol. The van der Waals surface area contributed by atoms with Crippen molar-refractivity contribution in [3.63, 3.8) is 0 Å². The van der Waals surface area contributed by atoms with E-state index in [9.17, 15) is 4.79 Å². The van der Waals surface area contributed by atoms with Crippen molar-refractivity contribution in [2.75, 3.05) is 37.7 Å². The van der Waals surface area contributed by atoms with E-state index in [4.69, 9.17) is 9.15 Å². The van der Waals surface area contributed by atoms with Crippen LogP contribution in [-0.2, 0) is 9.53 Å². The third-order valence-electron chi connectivity index (χ3n) is 7.29. The van der Waals surface area contributed by atoms with Crippen molar-refractivity contribution >= 4 is 23.0 Å². The van der Waals surface area contributed by atoms with E-state index in [0.717, 1.165) is 88.5 Å². The van der Waals surface area contributed by atoms with Crippen LogP contribution in [0.4, 0.5) is 6.01 Å². The van der Waals surface area contributed by atoms with E-state index in [2.05, 4.69) is 14.8 Å². The van der Waals surface area contributed by atoms with Crippen LogP contribution in [0.5, 0.6) is 0 Å². The Morgan fingerprint density at radius 2 is 1.73 bits per heavy atom. The number of ether oxygens (including phenoxy) is 1. The number of para-hydroxylation sites is 2. The standard InChI is InChI=1S/C24H33N3O3/c28-23(19-11-16-29-17-12-19)27-13-5-1-2-7-21(27)18-9-14-26(15-10-18)24-25-20-6-3-4-8-22(20)30-24/h3-4,6,8,18-19,21H,1-2,5,7,9-17H2/t21-/m0/s1. The first-order valence-electron chi connectivity index (χ1n) is 11.8. The molecule has 0 aliphatic carbocycles. The van der Waals surface area contributed by atoms with Gasteiger partial charge in [-0.1, -0.05) is 25.0 Å². The topological polar surface area (TPSA) is 58.8 Å². The fraction of sp³-hybridized carbons (Fsp3) is 0.667. The summed E-state index contributed by atoms with van der Waals surface area (Å²) in [4.78, 5) is 22.6. The molecule has 2 aromatic rings. The molecule has 4 heterocycles. The molecular formula is C24H33N3O3. The molecule has 1 atom stereocenters. The SMILES string of the molecule is O=C(C1CCOCC1)N1CCCCC[C@H]1C1CCN(c2nc3ccccc3o2)CC1. The van der Waals surface area contributed by atoms with Gasteiger partial charge in [-0.2, -0.15) is 4.98 Å². The van der Waals surface area contributed by atoms with Crippen LogP contribution < -0.4 is 4.90 Å². The number of rotatable bonds is 3. The minimum atomic E-state index is 0.166. The van der Waals surface area contributed by atoms with Gasteiger partial charge in [0.25, 0.3) is 6.01 Å². The highest BCUT2D eigenvalue weighted by molar-refractivity contribution is 5.79. The molecule has 3 saturated heterocycles. The van der Waals surface area contributed by atoms with Crippen LogP contribution in [0.15, 0.2) is 28.7 Å². The minimum Gasteiger partial charge on any atom is -0.423 e. The predicted octanol–water partition coefficient (Wildman–Crippen LogP) is 4.24. The van der Waals surface area contributed by atoms with E-state index in [-0.39, 0.29) is 5.92 Å². The zero-order valence-electron chi connectivity index (χ0n) is 17.8. The Labute approximate surface area is 178 Å². The molecule has 3 aliphatic rings. The minimum absolute atomic E-state index is 0.166. The molecule has 0 N–H and O–H groups in total. The molecule has 1 amide bonds. The zero-order chi connectivity index (χ0) is 20.3. The highest BCUT2D eigenvalue weighted by atomic mass is 16.5. The summed E-state index contributed by atoms with van der Waals surface area (Å²) in [6.45, 7) is 4.31. The second-order valence-corrected chi connectivity index (χ2v) is 9.12. The van der Waals surface area contributed by atoms with E-state index in [1.165, 1.54) is 12.8 Å². The molecule has 5 rings (SSSR count). The predicted molar refractivity (Wildman–Crippen MR) is 116 cm³/mol. The summed E-state index contributed by atoms with van der Waals surface area (Å²) < 4.78 is 11.5. The molecule has 162 valence electrons. The number of anilines is 1. The Morgan fingerprint density at radius 1 is 0.933 bits per heavy atom. The van der Waals surface area contributed by atoms with Gasteiger partial charge in [-0.25, -0.2) is 0 Å². The first-order chi connectivity index (χ1) is 14.8. The molecule has 1 aromatic heterocycles. The number of fused-ring (bicyclic) bond motifs is 1. The number of aromatic nitrogens is 1. The fourth-order valence-electron chi connectivity index (χ4n) is 5.55. The first-order valence-corrected chi connectivity index (χ1v) is 11.8. The molecule has 3 fully saturated rings. The number of oxazole rings is 1. The fourth-order valence-corrected chi connectivity index (χ4v) is 5.55. The molecule has 3 aliphatic heterocycles. The molecule has 0 bridgehead atoms. The maximum Gasteiger partial charge on any atom is 0.298 e. The van der Waals surface area contributed by atoms with E-state index >= 15 is 0 Å². The van der Waals surface area contributed by atoms with Crippen LogP contribution in [0, 0.1) is 11.8 Å². The Hall–Kier alpha value is -2.08. The van der Waals surface area contributed by atoms with E-state index in [0.29, 0.717) is 17.9 Å². The normalized spacial score (nSPS) is 24.9. The number of hydrogen-bond donors (Lipinski definition) is 0. The molecule has 1 aromatic carbocycles. The maximum absolute atomic E-state index is 13.4. The lowest BCUT2D eigenvalue weighted by atomic mass is 9.85. The number of carbonyl (C=O) groups is 1. The largest absolute Gasteiger partial charge is 0.423 e. The zero-order valence-corrected chi connectivity index (χ0v) is 17.8. The second-order valence-electron chi connectivity index (χ2n) is 9.12. The van der Waals surface area contributed by atoms with Gasteiger partial charge in [-0.3, -0.25) is 4.79 Å². The lowest BCUT2D eigenvalue weighted by Crippen LogP contribution is -2.50. The Balaban J connectivity index is 1.26. The van der Waals surface area contributed by atoms with Gasteiger partial charge in [0.05, 0.1) is 0 Å². The summed E-state index contributed by atoms with van der Waals surface area (Å²) in [6, 6.07) is 9.10. The van der Waals surface area contributed by atoms with Gasteiger partial charge in [0.15, 0.2) is 5.58 Å². The number of nitrogens with zero attached hydrogens (tertiary/aromatic N) is 3. The van der Waals surface area contributed by atoms with Gasteiger partial charge in [-0.15, -0.1) is 0 Å². The van der Waals surface area contributed by atoms with Gasteiger partial charge in [0.2, 0.25) is 5.91 Å². The van der Waals surface area contributed by atoms with Crippen LogP contribution in [0.25, 0.3) is 11.1 Å². The van der Waals surface area contributed by atoms with Crippen LogP contribution in [-0.4, -0.2) is 54.7 Å². The lowest BCUT2D eigenvalue weighted by molar-refractivity contribution is -0.142.